The summed E-state index contributed by atoms with van der Waals surface area (Å²) in [4.78, 5) is 25.4. The van der Waals surface area contributed by atoms with Gasteiger partial charge in [-0.3, -0.25) is 0 Å². The first kappa shape index (κ1) is 15.1. The van der Waals surface area contributed by atoms with Crippen molar-refractivity contribution in [2.45, 2.75) is 70.4 Å². The normalized spacial score (nSPS) is 29.8. The number of carboxylic acids is 1. The summed E-state index contributed by atoms with van der Waals surface area (Å²) in [5, 5.41) is 12.5. The largest absolute Gasteiger partial charge is 0.480 e. The molecule has 5 heteroatoms. The summed E-state index contributed by atoms with van der Waals surface area (Å²) in [5.74, 6) is -0.868. The van der Waals surface area contributed by atoms with Gasteiger partial charge in [-0.1, -0.05) is 26.2 Å². The standard InChI is InChI=1S/C15H26N2O3/c1-11-7-6-10-17(12(11)13(18)19)14(20)16-15(2)8-4-3-5-9-15/h11-12H,3-10H2,1-2H3,(H,16,20)(H,18,19). The molecule has 0 aromatic heterocycles. The molecule has 0 aromatic rings. The third-order valence-corrected chi connectivity index (χ3v) is 4.81. The minimum absolute atomic E-state index is 0.0196. The van der Waals surface area contributed by atoms with Gasteiger partial charge in [-0.25, -0.2) is 9.59 Å². The molecule has 0 aromatic carbocycles. The highest BCUT2D eigenvalue weighted by molar-refractivity contribution is 5.83. The van der Waals surface area contributed by atoms with E-state index in [1.54, 1.807) is 0 Å². The van der Waals surface area contributed by atoms with Crippen LogP contribution in [0, 0.1) is 5.92 Å². The lowest BCUT2D eigenvalue weighted by molar-refractivity contribution is -0.145. The molecule has 0 spiro atoms. The molecule has 1 saturated heterocycles. The lowest BCUT2D eigenvalue weighted by atomic mass is 9.83. The summed E-state index contributed by atoms with van der Waals surface area (Å²) in [5.41, 5.74) is -0.168. The second-order valence-electron chi connectivity index (χ2n) is 6.65. The van der Waals surface area contributed by atoms with Gasteiger partial charge in [0.1, 0.15) is 6.04 Å². The number of rotatable bonds is 2. The summed E-state index contributed by atoms with van der Waals surface area (Å²) in [6.45, 7) is 4.54. The van der Waals surface area contributed by atoms with Crippen molar-refractivity contribution in [2.75, 3.05) is 6.54 Å². The van der Waals surface area contributed by atoms with Gasteiger partial charge in [0.05, 0.1) is 0 Å². The third-order valence-electron chi connectivity index (χ3n) is 4.81. The van der Waals surface area contributed by atoms with E-state index in [9.17, 15) is 14.7 Å². The number of carboxylic acid groups (broad SMARTS) is 1. The summed E-state index contributed by atoms with van der Waals surface area (Å²) < 4.78 is 0. The van der Waals surface area contributed by atoms with E-state index in [1.807, 2.05) is 6.92 Å². The van der Waals surface area contributed by atoms with Gasteiger partial charge in [0, 0.05) is 12.1 Å². The van der Waals surface area contributed by atoms with Crippen molar-refractivity contribution in [2.24, 2.45) is 5.92 Å². The van der Waals surface area contributed by atoms with Gasteiger partial charge in [0.25, 0.3) is 0 Å². The van der Waals surface area contributed by atoms with Crippen molar-refractivity contribution < 1.29 is 14.7 Å². The number of likely N-dealkylation sites (tertiary alicyclic amines) is 1. The molecular weight excluding hydrogens is 256 g/mol. The van der Waals surface area contributed by atoms with Crippen molar-refractivity contribution in [3.8, 4) is 0 Å². The first-order valence-corrected chi connectivity index (χ1v) is 7.74. The molecule has 2 aliphatic rings. The number of carbonyl (C=O) groups is 2. The van der Waals surface area contributed by atoms with Crippen LogP contribution in [0.25, 0.3) is 0 Å². The van der Waals surface area contributed by atoms with Gasteiger partial charge in [-0.15, -0.1) is 0 Å². The van der Waals surface area contributed by atoms with Gasteiger partial charge in [0.2, 0.25) is 0 Å². The highest BCUT2D eigenvalue weighted by atomic mass is 16.4. The van der Waals surface area contributed by atoms with E-state index >= 15 is 0 Å². The predicted octanol–water partition coefficient (Wildman–Crippen LogP) is 2.60. The molecule has 2 N–H and O–H groups in total. The summed E-state index contributed by atoms with van der Waals surface area (Å²) in [7, 11) is 0. The fraction of sp³-hybridized carbons (Fsp3) is 0.867. The maximum absolute atomic E-state index is 12.5. The van der Waals surface area contributed by atoms with E-state index in [2.05, 4.69) is 12.2 Å². The Balaban J connectivity index is 2.04. The van der Waals surface area contributed by atoms with Crippen LogP contribution < -0.4 is 5.32 Å². The van der Waals surface area contributed by atoms with Crippen LogP contribution in [0.4, 0.5) is 4.79 Å². The van der Waals surface area contributed by atoms with E-state index in [1.165, 1.54) is 11.3 Å². The molecule has 2 rings (SSSR count). The van der Waals surface area contributed by atoms with Crippen molar-refractivity contribution in [1.29, 1.82) is 0 Å². The fourth-order valence-corrected chi connectivity index (χ4v) is 3.58. The van der Waals surface area contributed by atoms with Gasteiger partial charge < -0.3 is 15.3 Å². The Morgan fingerprint density at radius 3 is 2.45 bits per heavy atom. The minimum atomic E-state index is -0.888. The lowest BCUT2D eigenvalue weighted by Crippen LogP contribution is -2.59. The highest BCUT2D eigenvalue weighted by Crippen LogP contribution is 2.29. The van der Waals surface area contributed by atoms with Crippen LogP contribution in [0.2, 0.25) is 0 Å². The van der Waals surface area contributed by atoms with Crippen LogP contribution in [-0.2, 0) is 4.79 Å². The number of piperidine rings is 1. The second-order valence-corrected chi connectivity index (χ2v) is 6.65. The Hall–Kier alpha value is -1.26. The number of amides is 2. The maximum Gasteiger partial charge on any atom is 0.326 e. The van der Waals surface area contributed by atoms with Crippen LogP contribution in [0.3, 0.4) is 0 Å². The Labute approximate surface area is 120 Å². The number of urea groups is 1. The van der Waals surface area contributed by atoms with Crippen LogP contribution in [0.1, 0.15) is 58.8 Å². The van der Waals surface area contributed by atoms with E-state index in [0.717, 1.165) is 38.5 Å². The van der Waals surface area contributed by atoms with Crippen molar-refractivity contribution in [1.82, 2.24) is 10.2 Å². The molecular formula is C15H26N2O3. The zero-order chi connectivity index (χ0) is 14.8. The highest BCUT2D eigenvalue weighted by Gasteiger charge is 2.39. The van der Waals surface area contributed by atoms with Gasteiger partial charge in [0.15, 0.2) is 0 Å². The van der Waals surface area contributed by atoms with Gasteiger partial charge in [-0.2, -0.15) is 0 Å². The molecule has 1 aliphatic heterocycles. The molecule has 20 heavy (non-hydrogen) atoms. The smallest absolute Gasteiger partial charge is 0.326 e. The molecule has 1 saturated carbocycles. The second kappa shape index (κ2) is 6.02. The number of nitrogens with zero attached hydrogens (tertiary/aromatic N) is 1. The molecule has 0 radical (unpaired) electrons. The zero-order valence-corrected chi connectivity index (χ0v) is 12.5. The first-order chi connectivity index (χ1) is 9.43. The third kappa shape index (κ3) is 3.25. The van der Waals surface area contributed by atoms with Gasteiger partial charge >= 0.3 is 12.0 Å². The lowest BCUT2D eigenvalue weighted by Gasteiger charge is -2.41. The molecule has 0 bridgehead atoms. The Morgan fingerprint density at radius 1 is 1.20 bits per heavy atom. The fourth-order valence-electron chi connectivity index (χ4n) is 3.58. The molecule has 1 heterocycles. The topological polar surface area (TPSA) is 69.6 Å². The van der Waals surface area contributed by atoms with E-state index in [4.69, 9.17) is 0 Å². The van der Waals surface area contributed by atoms with Crippen molar-refractivity contribution >= 4 is 12.0 Å². The number of hydrogen-bond acceptors (Lipinski definition) is 2. The summed E-state index contributed by atoms with van der Waals surface area (Å²) >= 11 is 0. The summed E-state index contributed by atoms with van der Waals surface area (Å²) in [6.07, 6.45) is 7.22. The Bertz CT molecular complexity index is 377. The monoisotopic (exact) mass is 282 g/mol. The van der Waals surface area contributed by atoms with Crippen LogP contribution in [0.15, 0.2) is 0 Å². The molecule has 2 unspecified atom stereocenters. The molecule has 1 aliphatic carbocycles. The van der Waals surface area contributed by atoms with Crippen molar-refractivity contribution in [3.05, 3.63) is 0 Å². The quantitative estimate of drug-likeness (QED) is 0.818. The van der Waals surface area contributed by atoms with Crippen molar-refractivity contribution in [3.63, 3.8) is 0 Å². The first-order valence-electron chi connectivity index (χ1n) is 7.74. The number of hydrogen-bond donors (Lipinski definition) is 2. The Morgan fingerprint density at radius 2 is 1.85 bits per heavy atom. The van der Waals surface area contributed by atoms with E-state index in [-0.39, 0.29) is 17.5 Å². The molecule has 2 atom stereocenters. The number of aliphatic carboxylic acids is 1. The molecule has 5 nitrogen and oxygen atoms in total. The summed E-state index contributed by atoms with van der Waals surface area (Å²) in [6, 6.07) is -0.885. The van der Waals surface area contributed by atoms with E-state index < -0.39 is 12.0 Å². The van der Waals surface area contributed by atoms with Crippen LogP contribution in [0.5, 0.6) is 0 Å². The predicted molar refractivity (Wildman–Crippen MR) is 76.5 cm³/mol. The number of nitrogens with one attached hydrogen (secondary N) is 1. The Kier molecular flexibility index (Phi) is 4.55. The van der Waals surface area contributed by atoms with E-state index in [0.29, 0.717) is 6.54 Å². The minimum Gasteiger partial charge on any atom is -0.480 e. The maximum atomic E-state index is 12.5. The molecule has 2 amide bonds. The van der Waals surface area contributed by atoms with Crippen LogP contribution in [-0.4, -0.2) is 40.1 Å². The van der Waals surface area contributed by atoms with Crippen LogP contribution >= 0.6 is 0 Å². The number of carbonyl (C=O) groups excluding carboxylic acids is 1. The zero-order valence-electron chi connectivity index (χ0n) is 12.5. The average Bonchev–Trinajstić information content (AvgIpc) is 2.38. The molecule has 2 fully saturated rings. The molecule has 114 valence electrons. The van der Waals surface area contributed by atoms with Gasteiger partial charge in [-0.05, 0) is 38.5 Å². The average molecular weight is 282 g/mol. The SMILES string of the molecule is CC1CCCN(C(=O)NC2(C)CCCCC2)C1C(=O)O.